The molecule has 1 aromatic carbocycles. The maximum Gasteiger partial charge on any atom is 0.410 e. The van der Waals surface area contributed by atoms with E-state index in [0.717, 1.165) is 11.5 Å². The zero-order chi connectivity index (χ0) is 26.6. The first-order valence-corrected chi connectivity index (χ1v) is 12.7. The number of rotatable bonds is 6. The van der Waals surface area contributed by atoms with Gasteiger partial charge in [-0.15, -0.1) is 17.8 Å². The Labute approximate surface area is 219 Å². The third-order valence-corrected chi connectivity index (χ3v) is 6.70. The molecule has 1 fully saturated rings. The van der Waals surface area contributed by atoms with Crippen molar-refractivity contribution in [2.45, 2.75) is 44.9 Å². The summed E-state index contributed by atoms with van der Waals surface area (Å²) >= 11 is 1.32. The molecule has 3 heterocycles. The minimum atomic E-state index is -0.681. The Balaban J connectivity index is 1.70. The molecular weight excluding hydrogens is 495 g/mol. The second-order valence-corrected chi connectivity index (χ2v) is 10.5. The number of piperazine rings is 1. The second-order valence-electron chi connectivity index (χ2n) is 9.63. The lowest BCUT2D eigenvalue weighted by molar-refractivity contribution is 0.0102. The van der Waals surface area contributed by atoms with E-state index < -0.39 is 17.7 Å². The monoisotopic (exact) mass is 524 g/mol. The molecule has 37 heavy (non-hydrogen) atoms. The van der Waals surface area contributed by atoms with Gasteiger partial charge >= 0.3 is 6.09 Å². The Morgan fingerprint density at radius 1 is 1.30 bits per heavy atom. The van der Waals surface area contributed by atoms with Crippen molar-refractivity contribution in [3.8, 4) is 12.3 Å². The van der Waals surface area contributed by atoms with Gasteiger partial charge in [-0.05, 0) is 45.0 Å². The Kier molecular flexibility index (Phi) is 7.78. The third kappa shape index (κ3) is 6.46. The van der Waals surface area contributed by atoms with Gasteiger partial charge in [0.2, 0.25) is 0 Å². The number of imidazole rings is 1. The second kappa shape index (κ2) is 11.0. The number of nitrogens with zero attached hydrogens (tertiary/aromatic N) is 4. The molecule has 9 nitrogen and oxygen atoms in total. The molecule has 2 atom stereocenters. The third-order valence-electron chi connectivity index (χ3n) is 5.75. The summed E-state index contributed by atoms with van der Waals surface area (Å²) in [5, 5.41) is 4.92. The van der Waals surface area contributed by atoms with Gasteiger partial charge in [0.15, 0.2) is 0 Å². The molecule has 2 aromatic heterocycles. The molecule has 1 saturated heterocycles. The molecule has 0 aliphatic carbocycles. The number of aromatic amines is 1. The van der Waals surface area contributed by atoms with Crippen molar-refractivity contribution in [1.29, 1.82) is 0 Å². The Morgan fingerprint density at radius 3 is 2.70 bits per heavy atom. The fraction of sp³-hybridized carbons (Fsp3) is 0.385. The van der Waals surface area contributed by atoms with Crippen LogP contribution in [0.5, 0.6) is 0 Å². The predicted molar refractivity (Wildman–Crippen MR) is 139 cm³/mol. The number of hydrogen-bond donors (Lipinski definition) is 2. The number of benzene rings is 1. The highest BCUT2D eigenvalue weighted by Gasteiger charge is 2.40. The lowest BCUT2D eigenvalue weighted by atomic mass is 10.0. The van der Waals surface area contributed by atoms with E-state index in [0.29, 0.717) is 18.0 Å². The predicted octanol–water partition coefficient (Wildman–Crippen LogP) is 3.78. The van der Waals surface area contributed by atoms with E-state index in [4.69, 9.17) is 11.2 Å². The van der Waals surface area contributed by atoms with E-state index in [1.807, 2.05) is 20.8 Å². The summed E-state index contributed by atoms with van der Waals surface area (Å²) in [7, 11) is 0. The molecule has 1 aliphatic heterocycles. The number of anilines is 1. The quantitative estimate of drug-likeness (QED) is 0.476. The number of amides is 2. The Morgan fingerprint density at radius 2 is 2.05 bits per heavy atom. The van der Waals surface area contributed by atoms with Crippen LogP contribution in [0.25, 0.3) is 0 Å². The lowest BCUT2D eigenvalue weighted by Crippen LogP contribution is -2.58. The standard InChI is InChI=1S/C26H29FN6O3S/c1-5-10-30-23(34)20-16-37-24(31-20)21-15-33(25(35)36-26(2,3)4)19(13-22-28-11-12-29-22)14-32(21)18-8-6-17(27)7-9-18/h1,6-9,11-12,16,19,21H,10,13-15H2,2-4H3,(H,28,29)(H,30,34). The van der Waals surface area contributed by atoms with Crippen LogP contribution in [0, 0.1) is 18.2 Å². The molecule has 1 aliphatic rings. The highest BCUT2D eigenvalue weighted by atomic mass is 32.1. The number of nitrogens with one attached hydrogen (secondary N) is 2. The molecule has 194 valence electrons. The summed E-state index contributed by atoms with van der Waals surface area (Å²) in [6.07, 6.45) is 8.67. The average molecular weight is 525 g/mol. The molecular formula is C26H29FN6O3S. The molecule has 3 aromatic rings. The van der Waals surface area contributed by atoms with Gasteiger partial charge in [-0.1, -0.05) is 5.92 Å². The minimum absolute atomic E-state index is 0.0949. The van der Waals surface area contributed by atoms with E-state index in [9.17, 15) is 14.0 Å². The molecule has 0 bridgehead atoms. The van der Waals surface area contributed by atoms with Crippen molar-refractivity contribution in [2.75, 3.05) is 24.5 Å². The zero-order valence-corrected chi connectivity index (χ0v) is 21.7. The largest absolute Gasteiger partial charge is 0.444 e. The number of terminal acetylenes is 1. The van der Waals surface area contributed by atoms with Crippen molar-refractivity contribution >= 4 is 29.0 Å². The van der Waals surface area contributed by atoms with Gasteiger partial charge in [-0.25, -0.2) is 19.2 Å². The molecule has 0 spiro atoms. The molecule has 2 N–H and O–H groups in total. The smallest absolute Gasteiger partial charge is 0.410 e. The lowest BCUT2D eigenvalue weighted by Gasteiger charge is -2.46. The van der Waals surface area contributed by atoms with E-state index >= 15 is 0 Å². The highest BCUT2D eigenvalue weighted by Crippen LogP contribution is 2.35. The summed E-state index contributed by atoms with van der Waals surface area (Å²) in [6.45, 7) is 6.21. The Hall–Kier alpha value is -3.91. The van der Waals surface area contributed by atoms with E-state index in [2.05, 4.69) is 31.1 Å². The maximum absolute atomic E-state index is 13.8. The van der Waals surface area contributed by atoms with Crippen LogP contribution in [0.2, 0.25) is 0 Å². The van der Waals surface area contributed by atoms with Gasteiger partial charge < -0.3 is 24.8 Å². The SMILES string of the molecule is C#CCNC(=O)c1csc(C2CN(C(=O)OC(C)(C)C)C(Cc3ncc[nH]3)CN2c2ccc(F)cc2)n1. The van der Waals surface area contributed by atoms with Gasteiger partial charge in [-0.2, -0.15) is 0 Å². The molecule has 4 rings (SSSR count). The maximum atomic E-state index is 13.8. The fourth-order valence-corrected chi connectivity index (χ4v) is 5.04. The summed E-state index contributed by atoms with van der Waals surface area (Å²) in [4.78, 5) is 41.6. The minimum Gasteiger partial charge on any atom is -0.444 e. The zero-order valence-electron chi connectivity index (χ0n) is 20.9. The van der Waals surface area contributed by atoms with Crippen LogP contribution in [-0.2, 0) is 11.2 Å². The molecule has 2 unspecified atom stereocenters. The van der Waals surface area contributed by atoms with E-state index in [1.165, 1.54) is 23.5 Å². The van der Waals surface area contributed by atoms with Gasteiger partial charge in [0, 0.05) is 36.4 Å². The fourth-order valence-electron chi connectivity index (χ4n) is 4.13. The van der Waals surface area contributed by atoms with Crippen LogP contribution in [0.3, 0.4) is 0 Å². The number of aromatic nitrogens is 3. The van der Waals surface area contributed by atoms with Crippen LogP contribution >= 0.6 is 11.3 Å². The number of carbonyl (C=O) groups is 2. The van der Waals surface area contributed by atoms with Crippen molar-refractivity contribution in [3.05, 3.63) is 64.4 Å². The van der Waals surface area contributed by atoms with Gasteiger partial charge in [0.25, 0.3) is 5.91 Å². The topological polar surface area (TPSA) is 103 Å². The number of hydrogen-bond acceptors (Lipinski definition) is 7. The highest BCUT2D eigenvalue weighted by molar-refractivity contribution is 7.10. The van der Waals surface area contributed by atoms with Crippen molar-refractivity contribution in [3.63, 3.8) is 0 Å². The summed E-state index contributed by atoms with van der Waals surface area (Å²) in [5.74, 6) is 2.39. The van der Waals surface area contributed by atoms with Crippen LogP contribution in [-0.4, -0.2) is 63.1 Å². The molecule has 2 amide bonds. The normalized spacial score (nSPS) is 17.8. The van der Waals surface area contributed by atoms with Crippen molar-refractivity contribution in [1.82, 2.24) is 25.2 Å². The van der Waals surface area contributed by atoms with E-state index in [-0.39, 0.29) is 36.5 Å². The van der Waals surface area contributed by atoms with Crippen LogP contribution in [0.15, 0.2) is 42.0 Å². The van der Waals surface area contributed by atoms with Crippen LogP contribution in [0.4, 0.5) is 14.9 Å². The van der Waals surface area contributed by atoms with Crippen molar-refractivity contribution in [2.24, 2.45) is 0 Å². The summed E-state index contributed by atoms with van der Waals surface area (Å²) < 4.78 is 19.5. The number of ether oxygens (including phenoxy) is 1. The molecule has 0 saturated carbocycles. The number of halogens is 1. The summed E-state index contributed by atoms with van der Waals surface area (Å²) in [6, 6.07) is 5.50. The van der Waals surface area contributed by atoms with Gasteiger partial charge in [0.1, 0.15) is 27.9 Å². The average Bonchev–Trinajstić information content (AvgIpc) is 3.54. The first kappa shape index (κ1) is 26.2. The first-order valence-electron chi connectivity index (χ1n) is 11.8. The molecule has 0 radical (unpaired) electrons. The van der Waals surface area contributed by atoms with Crippen LogP contribution < -0.4 is 10.2 Å². The number of thiazole rings is 1. The van der Waals surface area contributed by atoms with Gasteiger partial charge in [0.05, 0.1) is 25.2 Å². The van der Waals surface area contributed by atoms with Crippen LogP contribution in [0.1, 0.15) is 48.1 Å². The number of H-pyrrole nitrogens is 1. The molecule has 11 heteroatoms. The van der Waals surface area contributed by atoms with E-state index in [1.54, 1.807) is 34.8 Å². The number of carbonyl (C=O) groups excluding carboxylic acids is 2. The first-order chi connectivity index (χ1) is 17.6. The Bertz CT molecular complexity index is 1260. The summed E-state index contributed by atoms with van der Waals surface area (Å²) in [5.41, 5.74) is 0.336. The van der Waals surface area contributed by atoms with Crippen molar-refractivity contribution < 1.29 is 18.7 Å². The van der Waals surface area contributed by atoms with Gasteiger partial charge in [-0.3, -0.25) is 4.79 Å².